The van der Waals surface area contributed by atoms with Gasteiger partial charge < -0.3 is 4.90 Å². The minimum Gasteiger partial charge on any atom is -0.306 e. The summed E-state index contributed by atoms with van der Waals surface area (Å²) in [5, 5.41) is 0. The third kappa shape index (κ3) is 4.80. The molecule has 1 aliphatic carbocycles. The molecule has 0 N–H and O–H groups in total. The van der Waals surface area contributed by atoms with Crippen LogP contribution < -0.4 is 0 Å². The van der Waals surface area contributed by atoms with E-state index in [0.717, 1.165) is 31.6 Å². The third-order valence-corrected chi connectivity index (χ3v) is 9.23. The van der Waals surface area contributed by atoms with Crippen LogP contribution in [0.3, 0.4) is 0 Å². The van der Waals surface area contributed by atoms with Crippen molar-refractivity contribution in [1.29, 1.82) is 0 Å². The first kappa shape index (κ1) is 20.4. The third-order valence-electron chi connectivity index (χ3n) is 7.42. The van der Waals surface area contributed by atoms with E-state index in [-0.39, 0.29) is 5.75 Å². The Kier molecular flexibility index (Phi) is 6.43. The Balaban J connectivity index is 1.34. The Labute approximate surface area is 171 Å². The second-order valence-electron chi connectivity index (χ2n) is 9.38. The Hall–Kier alpha value is -0.910. The lowest BCUT2D eigenvalue weighted by Crippen LogP contribution is -2.35. The quantitative estimate of drug-likeness (QED) is 0.737. The fraction of sp³-hybridized carbons (Fsp3) is 0.739. The van der Waals surface area contributed by atoms with Gasteiger partial charge in [0, 0.05) is 13.1 Å². The molecule has 3 aliphatic rings. The van der Waals surface area contributed by atoms with Crippen molar-refractivity contribution in [1.82, 2.24) is 9.21 Å². The van der Waals surface area contributed by atoms with Gasteiger partial charge in [-0.2, -0.15) is 0 Å². The van der Waals surface area contributed by atoms with E-state index >= 15 is 0 Å². The van der Waals surface area contributed by atoms with Crippen molar-refractivity contribution in [3.63, 3.8) is 0 Å². The molecule has 0 aromatic heterocycles. The highest BCUT2D eigenvalue weighted by atomic mass is 32.2. The molecule has 156 valence electrons. The summed E-state index contributed by atoms with van der Waals surface area (Å²) in [6, 6.07) is 8.44. The maximum Gasteiger partial charge on any atom is 0.218 e. The van der Waals surface area contributed by atoms with E-state index in [9.17, 15) is 8.42 Å². The van der Waals surface area contributed by atoms with Crippen LogP contribution in [0.15, 0.2) is 24.3 Å². The number of hydrogen-bond donors (Lipinski definition) is 0. The van der Waals surface area contributed by atoms with Crippen LogP contribution in [0.1, 0.15) is 68.4 Å². The molecule has 1 atom stereocenters. The topological polar surface area (TPSA) is 40.6 Å². The molecule has 0 bridgehead atoms. The molecule has 1 unspecified atom stereocenters. The fourth-order valence-corrected chi connectivity index (χ4v) is 7.11. The number of nitrogens with zero attached hydrogens (tertiary/aromatic N) is 2. The summed E-state index contributed by atoms with van der Waals surface area (Å²) in [5.74, 6) is 2.08. The first-order valence-corrected chi connectivity index (χ1v) is 12.9. The van der Waals surface area contributed by atoms with Crippen LogP contribution in [-0.4, -0.2) is 50.8 Å². The minimum absolute atomic E-state index is 0.151. The lowest BCUT2D eigenvalue weighted by Gasteiger charge is -2.32. The molecule has 2 saturated heterocycles. The Bertz CT molecular complexity index is 732. The molecule has 1 saturated carbocycles. The largest absolute Gasteiger partial charge is 0.306 e. The maximum atomic E-state index is 13.0. The zero-order chi connectivity index (χ0) is 19.6. The zero-order valence-corrected chi connectivity index (χ0v) is 18.2. The average molecular weight is 405 g/mol. The second-order valence-corrected chi connectivity index (χ2v) is 11.3. The van der Waals surface area contributed by atoms with Gasteiger partial charge in [0.1, 0.15) is 0 Å². The van der Waals surface area contributed by atoms with Crippen molar-refractivity contribution < 1.29 is 8.42 Å². The van der Waals surface area contributed by atoms with Gasteiger partial charge >= 0.3 is 0 Å². The number of benzene rings is 1. The van der Waals surface area contributed by atoms with E-state index in [2.05, 4.69) is 24.1 Å². The van der Waals surface area contributed by atoms with Crippen molar-refractivity contribution in [2.24, 2.45) is 11.8 Å². The van der Waals surface area contributed by atoms with E-state index in [1.54, 1.807) is 4.31 Å². The monoisotopic (exact) mass is 404 g/mol. The van der Waals surface area contributed by atoms with Crippen molar-refractivity contribution in [3.8, 4) is 0 Å². The molecule has 3 fully saturated rings. The van der Waals surface area contributed by atoms with E-state index in [0.29, 0.717) is 24.3 Å². The smallest absolute Gasteiger partial charge is 0.218 e. The van der Waals surface area contributed by atoms with Crippen molar-refractivity contribution in [2.75, 3.05) is 33.2 Å². The zero-order valence-electron chi connectivity index (χ0n) is 17.4. The summed E-state index contributed by atoms with van der Waals surface area (Å²) in [4.78, 5) is 2.39. The van der Waals surface area contributed by atoms with E-state index in [1.165, 1.54) is 50.5 Å². The van der Waals surface area contributed by atoms with Gasteiger partial charge in [0.15, 0.2) is 0 Å². The van der Waals surface area contributed by atoms with Gasteiger partial charge in [-0.1, -0.05) is 43.5 Å². The summed E-state index contributed by atoms with van der Waals surface area (Å²) in [6.07, 6.45) is 10.1. The molecule has 5 heteroatoms. The SMILES string of the molecule is CN1CCC(C2CCN(S(=O)(=O)Cc3ccc(C4CCCCC4)cc3)C2)CC1. The Morgan fingerprint density at radius 1 is 0.857 bits per heavy atom. The molecule has 1 aromatic carbocycles. The Morgan fingerprint density at radius 3 is 2.18 bits per heavy atom. The molecule has 2 aliphatic heterocycles. The molecule has 1 aromatic rings. The summed E-state index contributed by atoms with van der Waals surface area (Å²) < 4.78 is 27.7. The highest BCUT2D eigenvalue weighted by Gasteiger charge is 2.36. The number of sulfonamides is 1. The van der Waals surface area contributed by atoms with Gasteiger partial charge in [0.2, 0.25) is 10.0 Å². The van der Waals surface area contributed by atoms with Gasteiger partial charge in [0.05, 0.1) is 5.75 Å². The normalized spacial score (nSPS) is 26.7. The van der Waals surface area contributed by atoms with Crippen LogP contribution in [0.25, 0.3) is 0 Å². The molecular weight excluding hydrogens is 368 g/mol. The van der Waals surface area contributed by atoms with Crippen molar-refractivity contribution in [3.05, 3.63) is 35.4 Å². The van der Waals surface area contributed by atoms with Crippen LogP contribution in [-0.2, 0) is 15.8 Å². The molecule has 0 amide bonds. The number of piperidine rings is 1. The highest BCUT2D eigenvalue weighted by molar-refractivity contribution is 7.88. The molecule has 2 heterocycles. The minimum atomic E-state index is -3.21. The summed E-state index contributed by atoms with van der Waals surface area (Å²) >= 11 is 0. The van der Waals surface area contributed by atoms with Gasteiger partial charge in [-0.3, -0.25) is 0 Å². The van der Waals surface area contributed by atoms with Crippen molar-refractivity contribution in [2.45, 2.75) is 63.0 Å². The van der Waals surface area contributed by atoms with Crippen LogP contribution >= 0.6 is 0 Å². The van der Waals surface area contributed by atoms with E-state index in [1.807, 2.05) is 12.1 Å². The van der Waals surface area contributed by atoms with Gasteiger partial charge in [-0.25, -0.2) is 12.7 Å². The number of rotatable bonds is 5. The summed E-state index contributed by atoms with van der Waals surface area (Å²) in [6.45, 7) is 3.75. The first-order chi connectivity index (χ1) is 13.5. The fourth-order valence-electron chi connectivity index (χ4n) is 5.52. The maximum absolute atomic E-state index is 13.0. The number of likely N-dealkylation sites (tertiary alicyclic amines) is 1. The standard InChI is InChI=1S/C23H36N2O2S/c1-24-14-11-22(12-15-24)23-13-16-25(17-23)28(26,27)18-19-7-9-21(10-8-19)20-5-3-2-4-6-20/h7-10,20,22-23H,2-6,11-18H2,1H3. The molecule has 4 nitrogen and oxygen atoms in total. The van der Waals surface area contributed by atoms with Crippen molar-refractivity contribution >= 4 is 10.0 Å². The van der Waals surface area contributed by atoms with Crippen LogP contribution in [0, 0.1) is 11.8 Å². The van der Waals surface area contributed by atoms with Crippen LogP contribution in [0.5, 0.6) is 0 Å². The average Bonchev–Trinajstić information content (AvgIpc) is 3.21. The molecular formula is C23H36N2O2S. The van der Waals surface area contributed by atoms with Crippen LogP contribution in [0.2, 0.25) is 0 Å². The number of hydrogen-bond acceptors (Lipinski definition) is 3. The first-order valence-electron chi connectivity index (χ1n) is 11.3. The predicted octanol–water partition coefficient (Wildman–Crippen LogP) is 4.23. The van der Waals surface area contributed by atoms with E-state index < -0.39 is 10.0 Å². The molecule has 0 radical (unpaired) electrons. The molecule has 4 rings (SSSR count). The van der Waals surface area contributed by atoms with Gasteiger partial charge in [-0.15, -0.1) is 0 Å². The lowest BCUT2D eigenvalue weighted by molar-refractivity contribution is 0.175. The highest BCUT2D eigenvalue weighted by Crippen LogP contribution is 2.34. The predicted molar refractivity (Wildman–Crippen MR) is 115 cm³/mol. The molecule has 0 spiro atoms. The molecule has 28 heavy (non-hydrogen) atoms. The second kappa shape index (κ2) is 8.85. The van der Waals surface area contributed by atoms with E-state index in [4.69, 9.17) is 0 Å². The van der Waals surface area contributed by atoms with Crippen LogP contribution in [0.4, 0.5) is 0 Å². The summed E-state index contributed by atoms with van der Waals surface area (Å²) in [7, 11) is -1.03. The van der Waals surface area contributed by atoms with Gasteiger partial charge in [-0.05, 0) is 81.1 Å². The lowest BCUT2D eigenvalue weighted by atomic mass is 9.84. The Morgan fingerprint density at radius 2 is 1.50 bits per heavy atom. The van der Waals surface area contributed by atoms with Gasteiger partial charge in [0.25, 0.3) is 0 Å². The summed E-state index contributed by atoms with van der Waals surface area (Å²) in [5.41, 5.74) is 2.33.